The number of carbonyl (C=O) groups is 3. The van der Waals surface area contributed by atoms with Gasteiger partial charge in [-0.15, -0.1) is 0 Å². The van der Waals surface area contributed by atoms with E-state index in [0.29, 0.717) is 5.56 Å². The zero-order chi connectivity index (χ0) is 17.7. The number of hydrogen-bond acceptors (Lipinski definition) is 6. The molecule has 0 aliphatic rings. The van der Waals surface area contributed by atoms with Gasteiger partial charge < -0.3 is 10.5 Å². The average molecular weight is 352 g/mol. The van der Waals surface area contributed by atoms with Gasteiger partial charge in [-0.3, -0.25) is 14.9 Å². The standard InChI is InChI=1S/C14H14ClN5O4/c1-7(24-13(16)23)10(21)5-8-3-2-4-9(15)11(8)12(22)19-14-17-6-18-20-14/h2-4,6-7H,5H2,1H3,(H2,16,23)(H2,17,18,19,20,22). The number of hydrogen-bond donors (Lipinski definition) is 3. The molecule has 0 bridgehead atoms. The van der Waals surface area contributed by atoms with Gasteiger partial charge in [0.25, 0.3) is 5.91 Å². The SMILES string of the molecule is CC(OC(N)=O)C(=O)Cc1cccc(Cl)c1C(=O)Nc1ncn[nH]1. The van der Waals surface area contributed by atoms with Gasteiger partial charge in [0.05, 0.1) is 10.6 Å². The summed E-state index contributed by atoms with van der Waals surface area (Å²) >= 11 is 6.09. The monoisotopic (exact) mass is 351 g/mol. The number of nitrogens with one attached hydrogen (secondary N) is 2. The van der Waals surface area contributed by atoms with Crippen LogP contribution >= 0.6 is 11.6 Å². The second-order valence-corrected chi connectivity index (χ2v) is 5.19. The van der Waals surface area contributed by atoms with Crippen molar-refractivity contribution in [2.24, 2.45) is 5.73 Å². The Balaban J connectivity index is 2.21. The highest BCUT2D eigenvalue weighted by atomic mass is 35.5. The molecule has 0 fully saturated rings. The Morgan fingerprint density at radius 1 is 1.42 bits per heavy atom. The van der Waals surface area contributed by atoms with Gasteiger partial charge in [-0.25, -0.2) is 9.89 Å². The number of nitrogens with two attached hydrogens (primary N) is 1. The summed E-state index contributed by atoms with van der Waals surface area (Å²) in [5.74, 6) is -0.837. The quantitative estimate of drug-likeness (QED) is 0.716. The average Bonchev–Trinajstić information content (AvgIpc) is 2.99. The van der Waals surface area contributed by atoms with Crippen molar-refractivity contribution in [1.29, 1.82) is 0 Å². The molecule has 1 atom stereocenters. The lowest BCUT2D eigenvalue weighted by atomic mass is 10.00. The summed E-state index contributed by atoms with van der Waals surface area (Å²) in [4.78, 5) is 39.0. The van der Waals surface area contributed by atoms with Crippen LogP contribution in [0.15, 0.2) is 24.5 Å². The van der Waals surface area contributed by atoms with Gasteiger partial charge >= 0.3 is 6.09 Å². The van der Waals surface area contributed by atoms with E-state index in [1.807, 2.05) is 0 Å². The molecule has 10 heteroatoms. The van der Waals surface area contributed by atoms with Crippen LogP contribution in [0.3, 0.4) is 0 Å². The first-order valence-electron chi connectivity index (χ1n) is 6.81. The first kappa shape index (κ1) is 17.4. The normalized spacial score (nSPS) is 11.6. The number of carbonyl (C=O) groups excluding carboxylic acids is 3. The third-order valence-electron chi connectivity index (χ3n) is 3.08. The van der Waals surface area contributed by atoms with E-state index >= 15 is 0 Å². The molecule has 0 saturated heterocycles. The van der Waals surface area contributed by atoms with E-state index in [9.17, 15) is 14.4 Å². The van der Waals surface area contributed by atoms with Crippen molar-refractivity contribution in [2.45, 2.75) is 19.4 Å². The van der Waals surface area contributed by atoms with Crippen LogP contribution in [0.2, 0.25) is 5.02 Å². The molecule has 1 aromatic carbocycles. The molecular formula is C14H14ClN5O4. The van der Waals surface area contributed by atoms with Crippen LogP contribution in [0.4, 0.5) is 10.7 Å². The summed E-state index contributed by atoms with van der Waals surface area (Å²) in [5.41, 5.74) is 5.39. The topological polar surface area (TPSA) is 140 Å². The van der Waals surface area contributed by atoms with Crippen molar-refractivity contribution in [2.75, 3.05) is 5.32 Å². The zero-order valence-corrected chi connectivity index (χ0v) is 13.3. The Morgan fingerprint density at radius 2 is 2.17 bits per heavy atom. The number of benzene rings is 1. The highest BCUT2D eigenvalue weighted by molar-refractivity contribution is 6.34. The molecule has 0 spiro atoms. The summed E-state index contributed by atoms with van der Waals surface area (Å²) in [6, 6.07) is 4.71. The second kappa shape index (κ2) is 7.55. The Hall–Kier alpha value is -2.94. The zero-order valence-electron chi connectivity index (χ0n) is 12.6. The van der Waals surface area contributed by atoms with E-state index in [1.54, 1.807) is 12.1 Å². The number of nitrogens with zero attached hydrogens (tertiary/aromatic N) is 2. The number of amides is 2. The fourth-order valence-corrected chi connectivity index (χ4v) is 2.26. The minimum Gasteiger partial charge on any atom is -0.439 e. The van der Waals surface area contributed by atoms with Crippen LogP contribution in [-0.4, -0.2) is 39.1 Å². The van der Waals surface area contributed by atoms with Crippen molar-refractivity contribution >= 4 is 35.3 Å². The molecule has 2 rings (SSSR count). The molecule has 2 aromatic rings. The predicted octanol–water partition coefficient (Wildman–Crippen LogP) is 1.31. The molecule has 0 saturated carbocycles. The number of rotatable bonds is 6. The maximum Gasteiger partial charge on any atom is 0.405 e. The molecule has 1 unspecified atom stereocenters. The highest BCUT2D eigenvalue weighted by Gasteiger charge is 2.22. The second-order valence-electron chi connectivity index (χ2n) is 4.78. The lowest BCUT2D eigenvalue weighted by Gasteiger charge is -2.13. The molecule has 9 nitrogen and oxygen atoms in total. The van der Waals surface area contributed by atoms with Crippen LogP contribution in [0, 0.1) is 0 Å². The van der Waals surface area contributed by atoms with Gasteiger partial charge in [-0.2, -0.15) is 10.1 Å². The third-order valence-corrected chi connectivity index (χ3v) is 3.40. The third kappa shape index (κ3) is 4.29. The Bertz CT molecular complexity index is 763. The van der Waals surface area contributed by atoms with E-state index < -0.39 is 23.9 Å². The van der Waals surface area contributed by atoms with Crippen molar-refractivity contribution in [1.82, 2.24) is 15.2 Å². The molecular weight excluding hydrogens is 338 g/mol. The minimum atomic E-state index is -1.05. The number of ketones is 1. The van der Waals surface area contributed by atoms with Gasteiger partial charge in [0.2, 0.25) is 5.95 Å². The maximum absolute atomic E-state index is 12.4. The van der Waals surface area contributed by atoms with Crippen LogP contribution < -0.4 is 11.1 Å². The summed E-state index contributed by atoms with van der Waals surface area (Å²) in [7, 11) is 0. The van der Waals surface area contributed by atoms with E-state index in [2.05, 4.69) is 25.2 Å². The van der Waals surface area contributed by atoms with E-state index in [0.717, 1.165) is 0 Å². The largest absolute Gasteiger partial charge is 0.439 e. The number of anilines is 1. The lowest BCUT2D eigenvalue weighted by Crippen LogP contribution is -2.29. The summed E-state index contributed by atoms with van der Waals surface area (Å²) in [6.07, 6.45) is -1.01. The summed E-state index contributed by atoms with van der Waals surface area (Å²) in [5, 5.41) is 8.75. The first-order valence-corrected chi connectivity index (χ1v) is 7.19. The van der Waals surface area contributed by atoms with Crippen molar-refractivity contribution in [3.8, 4) is 0 Å². The number of ether oxygens (including phenoxy) is 1. The fraction of sp³-hybridized carbons (Fsp3) is 0.214. The summed E-state index contributed by atoms with van der Waals surface area (Å²) < 4.78 is 4.63. The molecule has 4 N–H and O–H groups in total. The van der Waals surface area contributed by atoms with E-state index in [1.165, 1.54) is 19.3 Å². The van der Waals surface area contributed by atoms with Crippen molar-refractivity contribution in [3.63, 3.8) is 0 Å². The Morgan fingerprint density at radius 3 is 2.79 bits per heavy atom. The minimum absolute atomic E-state index is 0.121. The Kier molecular flexibility index (Phi) is 5.48. The van der Waals surface area contributed by atoms with Crippen LogP contribution in [0.25, 0.3) is 0 Å². The number of primary amides is 1. The van der Waals surface area contributed by atoms with Gasteiger partial charge in [0.15, 0.2) is 11.9 Å². The molecule has 1 aromatic heterocycles. The number of aromatic nitrogens is 3. The number of aromatic amines is 1. The van der Waals surface area contributed by atoms with E-state index in [4.69, 9.17) is 17.3 Å². The van der Waals surface area contributed by atoms with Crippen LogP contribution in [0.5, 0.6) is 0 Å². The first-order chi connectivity index (χ1) is 11.4. The predicted molar refractivity (Wildman–Crippen MR) is 84.6 cm³/mol. The molecule has 0 radical (unpaired) electrons. The molecule has 24 heavy (non-hydrogen) atoms. The van der Waals surface area contributed by atoms with Gasteiger partial charge in [0, 0.05) is 6.42 Å². The Labute approximate surface area is 141 Å². The van der Waals surface area contributed by atoms with Crippen LogP contribution in [-0.2, 0) is 16.0 Å². The highest BCUT2D eigenvalue weighted by Crippen LogP contribution is 2.22. The number of Topliss-reactive ketones (excluding diaryl/α,β-unsaturated/α-hetero) is 1. The lowest BCUT2D eigenvalue weighted by molar-refractivity contribution is -0.125. The smallest absolute Gasteiger partial charge is 0.405 e. The van der Waals surface area contributed by atoms with Gasteiger partial charge in [0.1, 0.15) is 6.33 Å². The number of H-pyrrole nitrogens is 1. The van der Waals surface area contributed by atoms with Gasteiger partial charge in [-0.1, -0.05) is 23.7 Å². The molecule has 1 heterocycles. The molecule has 2 amide bonds. The van der Waals surface area contributed by atoms with E-state index in [-0.39, 0.29) is 23.0 Å². The maximum atomic E-state index is 12.4. The number of halogens is 1. The van der Waals surface area contributed by atoms with Crippen molar-refractivity contribution in [3.05, 3.63) is 40.7 Å². The molecule has 0 aliphatic carbocycles. The summed E-state index contributed by atoms with van der Waals surface area (Å²) in [6.45, 7) is 1.39. The van der Waals surface area contributed by atoms with Crippen molar-refractivity contribution < 1.29 is 19.1 Å². The van der Waals surface area contributed by atoms with Crippen LogP contribution in [0.1, 0.15) is 22.8 Å². The molecule has 0 aliphatic heterocycles. The molecule has 126 valence electrons. The fourth-order valence-electron chi connectivity index (χ4n) is 1.98. The van der Waals surface area contributed by atoms with Gasteiger partial charge in [-0.05, 0) is 18.6 Å².